The molecule has 118 valence electrons. The van der Waals surface area contributed by atoms with Gasteiger partial charge in [-0.15, -0.1) is 0 Å². The molecule has 1 aromatic carbocycles. The van der Waals surface area contributed by atoms with E-state index in [0.717, 1.165) is 11.3 Å². The molecule has 8 nitrogen and oxygen atoms in total. The molecule has 0 atom stereocenters. The molecule has 1 aromatic heterocycles. The zero-order valence-corrected chi connectivity index (χ0v) is 13.1. The molecule has 0 bridgehead atoms. The molecule has 0 saturated carbocycles. The molecular weight excluding hydrogens is 340 g/mol. The van der Waals surface area contributed by atoms with Crippen LogP contribution < -0.4 is 10.7 Å². The van der Waals surface area contributed by atoms with Crippen molar-refractivity contribution in [2.75, 3.05) is 5.32 Å². The molecule has 0 aliphatic heterocycles. The Labute approximate surface area is 139 Å². The number of carboxylic acid groups (broad SMARTS) is 1. The highest BCUT2D eigenvalue weighted by molar-refractivity contribution is 7.80. The van der Waals surface area contributed by atoms with Crippen molar-refractivity contribution in [2.24, 2.45) is 5.10 Å². The van der Waals surface area contributed by atoms with Gasteiger partial charge in [-0.3, -0.25) is 15.5 Å². The van der Waals surface area contributed by atoms with Gasteiger partial charge in [0.25, 0.3) is 0 Å². The van der Waals surface area contributed by atoms with E-state index < -0.39 is 10.9 Å². The molecule has 10 heteroatoms. The zero-order valence-electron chi connectivity index (χ0n) is 11.4. The molecule has 0 radical (unpaired) electrons. The summed E-state index contributed by atoms with van der Waals surface area (Å²) in [5, 5.41) is 26.3. The monoisotopic (exact) mass is 350 g/mol. The molecule has 0 aliphatic carbocycles. The molecule has 0 spiro atoms. The second-order valence-corrected chi connectivity index (χ2v) is 5.65. The van der Waals surface area contributed by atoms with Crippen LogP contribution in [0.5, 0.6) is 0 Å². The first-order chi connectivity index (χ1) is 11.0. The van der Waals surface area contributed by atoms with Gasteiger partial charge in [-0.1, -0.05) is 17.4 Å². The summed E-state index contributed by atoms with van der Waals surface area (Å²) in [7, 11) is 0. The predicted octanol–water partition coefficient (Wildman–Crippen LogP) is 2.68. The molecule has 2 aromatic rings. The number of carbonyl (C=O) groups is 1. The largest absolute Gasteiger partial charge is 0.478 e. The van der Waals surface area contributed by atoms with Crippen LogP contribution in [0.1, 0.15) is 15.2 Å². The van der Waals surface area contributed by atoms with Gasteiger partial charge >= 0.3 is 11.0 Å². The first-order valence-electron chi connectivity index (χ1n) is 6.13. The quantitative estimate of drug-likeness (QED) is 0.328. The number of nitro groups is 1. The van der Waals surface area contributed by atoms with E-state index in [-0.39, 0.29) is 15.7 Å². The SMILES string of the molecule is O=C(O)c1cccc(NC(=S)N/N=C\c2ccc([N+](=O)[O-])s2)c1. The maximum absolute atomic E-state index is 10.9. The highest BCUT2D eigenvalue weighted by Crippen LogP contribution is 2.22. The van der Waals surface area contributed by atoms with Crippen molar-refractivity contribution in [3.8, 4) is 0 Å². The molecule has 2 rings (SSSR count). The zero-order chi connectivity index (χ0) is 16.8. The number of rotatable bonds is 5. The van der Waals surface area contributed by atoms with Crippen LogP contribution in [0.15, 0.2) is 41.5 Å². The molecule has 0 saturated heterocycles. The van der Waals surface area contributed by atoms with Gasteiger partial charge < -0.3 is 10.4 Å². The first kappa shape index (κ1) is 16.5. The van der Waals surface area contributed by atoms with Crippen LogP contribution in [0, 0.1) is 10.1 Å². The van der Waals surface area contributed by atoms with E-state index in [1.54, 1.807) is 18.2 Å². The summed E-state index contributed by atoms with van der Waals surface area (Å²) in [5.74, 6) is -1.04. The van der Waals surface area contributed by atoms with Crippen LogP contribution >= 0.6 is 23.6 Å². The van der Waals surface area contributed by atoms with Crippen LogP contribution in [0.25, 0.3) is 0 Å². The maximum Gasteiger partial charge on any atom is 0.335 e. The molecule has 0 aliphatic rings. The fraction of sp³-hybridized carbons (Fsp3) is 0. The van der Waals surface area contributed by atoms with Crippen LogP contribution in [-0.4, -0.2) is 27.3 Å². The third kappa shape index (κ3) is 4.83. The Morgan fingerprint density at radius 3 is 2.83 bits per heavy atom. The van der Waals surface area contributed by atoms with Crippen molar-refractivity contribution in [3.63, 3.8) is 0 Å². The van der Waals surface area contributed by atoms with E-state index in [0.29, 0.717) is 10.6 Å². The second-order valence-electron chi connectivity index (χ2n) is 4.14. The van der Waals surface area contributed by atoms with Crippen LogP contribution in [0.2, 0.25) is 0 Å². The summed E-state index contributed by atoms with van der Waals surface area (Å²) in [5.41, 5.74) is 3.18. The van der Waals surface area contributed by atoms with Crippen molar-refractivity contribution in [1.29, 1.82) is 0 Å². The topological polar surface area (TPSA) is 117 Å². The molecule has 0 unspecified atom stereocenters. The minimum absolute atomic E-state index is 0.0256. The standard InChI is InChI=1S/C13H10N4O4S2/c18-12(19)8-2-1-3-9(6-8)15-13(22)16-14-7-10-4-5-11(23-10)17(20)21/h1-7H,(H,18,19)(H2,15,16,22)/b14-7-. The average molecular weight is 350 g/mol. The Balaban J connectivity index is 1.91. The van der Waals surface area contributed by atoms with E-state index in [1.807, 2.05) is 0 Å². The van der Waals surface area contributed by atoms with Crippen LogP contribution in [0.4, 0.5) is 10.7 Å². The number of hydrogen-bond donors (Lipinski definition) is 3. The fourth-order valence-corrected chi connectivity index (χ4v) is 2.42. The Kier molecular flexibility index (Phi) is 5.33. The lowest BCUT2D eigenvalue weighted by Crippen LogP contribution is -2.23. The van der Waals surface area contributed by atoms with Gasteiger partial charge in [0.2, 0.25) is 0 Å². The Hall–Kier alpha value is -2.85. The van der Waals surface area contributed by atoms with Crippen LogP contribution in [-0.2, 0) is 0 Å². The number of aromatic carboxylic acids is 1. The summed E-state index contributed by atoms with van der Waals surface area (Å²) >= 11 is 6.00. The maximum atomic E-state index is 10.9. The summed E-state index contributed by atoms with van der Waals surface area (Å²) in [6.07, 6.45) is 1.40. The van der Waals surface area contributed by atoms with Crippen LogP contribution in [0.3, 0.4) is 0 Å². The molecular formula is C13H10N4O4S2. The number of benzene rings is 1. The molecule has 0 amide bonds. The number of hydrazone groups is 1. The van der Waals surface area contributed by atoms with E-state index in [2.05, 4.69) is 15.8 Å². The van der Waals surface area contributed by atoms with Gasteiger partial charge in [-0.2, -0.15) is 5.10 Å². The number of nitrogens with one attached hydrogen (secondary N) is 2. The van der Waals surface area contributed by atoms with Crippen molar-refractivity contribution in [2.45, 2.75) is 0 Å². The van der Waals surface area contributed by atoms with E-state index >= 15 is 0 Å². The Morgan fingerprint density at radius 2 is 2.17 bits per heavy atom. The molecule has 3 N–H and O–H groups in total. The number of thiocarbonyl (C=S) groups is 1. The van der Waals surface area contributed by atoms with E-state index in [9.17, 15) is 14.9 Å². The van der Waals surface area contributed by atoms with Gasteiger partial charge in [-0.05, 0) is 36.5 Å². The van der Waals surface area contributed by atoms with Gasteiger partial charge in [0.15, 0.2) is 5.11 Å². The number of hydrogen-bond acceptors (Lipinski definition) is 6. The average Bonchev–Trinajstić information content (AvgIpc) is 2.96. The Morgan fingerprint density at radius 1 is 1.39 bits per heavy atom. The summed E-state index contributed by atoms with van der Waals surface area (Å²) in [6.45, 7) is 0. The van der Waals surface area contributed by atoms with Crippen molar-refractivity contribution in [1.82, 2.24) is 5.43 Å². The minimum Gasteiger partial charge on any atom is -0.478 e. The lowest BCUT2D eigenvalue weighted by atomic mass is 10.2. The van der Waals surface area contributed by atoms with Crippen molar-refractivity contribution in [3.05, 3.63) is 57.0 Å². The van der Waals surface area contributed by atoms with Crippen molar-refractivity contribution < 1.29 is 14.8 Å². The second kappa shape index (κ2) is 7.42. The van der Waals surface area contributed by atoms with E-state index in [1.165, 1.54) is 24.4 Å². The third-order valence-electron chi connectivity index (χ3n) is 2.52. The van der Waals surface area contributed by atoms with Crippen molar-refractivity contribution >= 4 is 51.5 Å². The lowest BCUT2D eigenvalue weighted by molar-refractivity contribution is -0.380. The molecule has 1 heterocycles. The van der Waals surface area contributed by atoms with Gasteiger partial charge in [0, 0.05) is 11.8 Å². The Bertz CT molecular complexity index is 788. The normalized spacial score (nSPS) is 10.4. The summed E-state index contributed by atoms with van der Waals surface area (Å²) in [4.78, 5) is 21.6. The summed E-state index contributed by atoms with van der Waals surface area (Å²) in [6, 6.07) is 9.10. The molecule has 23 heavy (non-hydrogen) atoms. The third-order valence-corrected chi connectivity index (χ3v) is 3.68. The first-order valence-corrected chi connectivity index (χ1v) is 7.36. The van der Waals surface area contributed by atoms with Gasteiger partial charge in [0.1, 0.15) is 0 Å². The summed E-state index contributed by atoms with van der Waals surface area (Å²) < 4.78 is 0. The number of nitrogens with zero attached hydrogens (tertiary/aromatic N) is 2. The highest BCUT2D eigenvalue weighted by Gasteiger charge is 2.08. The fourth-order valence-electron chi connectivity index (χ4n) is 1.55. The molecule has 0 fully saturated rings. The highest BCUT2D eigenvalue weighted by atomic mass is 32.1. The smallest absolute Gasteiger partial charge is 0.335 e. The number of thiophene rings is 1. The lowest BCUT2D eigenvalue weighted by Gasteiger charge is -2.07. The van der Waals surface area contributed by atoms with E-state index in [4.69, 9.17) is 17.3 Å². The number of carboxylic acids is 1. The van der Waals surface area contributed by atoms with Gasteiger partial charge in [-0.25, -0.2) is 4.79 Å². The minimum atomic E-state index is -1.04. The van der Waals surface area contributed by atoms with Gasteiger partial charge in [0.05, 0.1) is 21.6 Å². The number of anilines is 1. The predicted molar refractivity (Wildman–Crippen MR) is 91.3 cm³/mol.